The third-order valence-electron chi connectivity index (χ3n) is 2.23. The van der Waals surface area contributed by atoms with Gasteiger partial charge in [-0.25, -0.2) is 4.39 Å². The third-order valence-corrected chi connectivity index (χ3v) is 10.1. The maximum absolute atomic E-state index is 12.7. The molecule has 1 atom stereocenters. The average molecular weight is 306 g/mol. The monoisotopic (exact) mass is 306 g/mol. The van der Waals surface area contributed by atoms with Crippen molar-refractivity contribution in [3.05, 3.63) is 42.4 Å². The smallest absolute Gasteiger partial charge is 0.123 e. The van der Waals surface area contributed by atoms with Crippen LogP contribution in [0, 0.1) is 5.82 Å². The predicted octanol–water partition coefficient (Wildman–Crippen LogP) is 2.81. The van der Waals surface area contributed by atoms with E-state index in [9.17, 15) is 4.39 Å². The van der Waals surface area contributed by atoms with Crippen molar-refractivity contribution in [3.8, 4) is 0 Å². The second kappa shape index (κ2) is 4.37. The summed E-state index contributed by atoms with van der Waals surface area (Å²) in [5.41, 5.74) is 2.05. The number of hydrogen-bond donors (Lipinski definition) is 0. The van der Waals surface area contributed by atoms with Gasteiger partial charge < -0.3 is 0 Å². The number of alkyl halides is 1. The lowest BCUT2D eigenvalue weighted by atomic mass is 10.3. The molecule has 1 rings (SSSR count). The number of rotatable bonds is 3. The Kier molecular flexibility index (Phi) is 3.67. The van der Waals surface area contributed by atoms with E-state index in [-0.39, 0.29) is 5.82 Å². The largest absolute Gasteiger partial charge is 0.207 e. The van der Waals surface area contributed by atoms with Gasteiger partial charge in [0.15, 0.2) is 0 Å². The first-order valence-electron chi connectivity index (χ1n) is 4.08. The number of hydrogen-bond acceptors (Lipinski definition) is 0. The van der Waals surface area contributed by atoms with E-state index in [4.69, 9.17) is 0 Å². The molecule has 0 spiro atoms. The molecule has 1 aromatic carbocycles. The van der Waals surface area contributed by atoms with Crippen LogP contribution in [-0.4, -0.2) is 12.1 Å². The Morgan fingerprint density at radius 2 is 2.00 bits per heavy atom. The van der Waals surface area contributed by atoms with Gasteiger partial charge in [-0.15, -0.1) is 6.58 Å². The summed E-state index contributed by atoms with van der Waals surface area (Å²) in [5.74, 6) is -0.169. The summed E-state index contributed by atoms with van der Waals surface area (Å²) < 4.78 is 13.8. The summed E-state index contributed by atoms with van der Waals surface area (Å²) in [6.07, 6.45) is 0. The van der Waals surface area contributed by atoms with Gasteiger partial charge in [-0.05, 0) is 12.1 Å². The first-order chi connectivity index (χ1) is 6.12. The van der Waals surface area contributed by atoms with E-state index in [1.165, 1.54) is 17.3 Å². The van der Waals surface area contributed by atoms with E-state index in [1.807, 2.05) is 17.8 Å². The summed E-state index contributed by atoms with van der Waals surface area (Å²) in [6.45, 7) is 6.10. The Bertz CT molecular complexity index is 296. The number of halogens is 2. The lowest BCUT2D eigenvalue weighted by molar-refractivity contribution is 0.628. The highest BCUT2D eigenvalue weighted by atomic mass is 127. The van der Waals surface area contributed by atoms with E-state index in [0.717, 1.165) is 4.05 Å². The first kappa shape index (κ1) is 10.9. The Morgan fingerprint density at radius 1 is 1.46 bits per heavy atom. The van der Waals surface area contributed by atoms with Crippen LogP contribution in [0.25, 0.3) is 0 Å². The summed E-state index contributed by atoms with van der Waals surface area (Å²) >= 11 is 2.38. The molecule has 70 valence electrons. The van der Waals surface area contributed by atoms with Gasteiger partial charge in [0.05, 0.1) is 0 Å². The summed E-state index contributed by atoms with van der Waals surface area (Å²) in [7, 11) is -1.51. The highest BCUT2D eigenvalue weighted by Crippen LogP contribution is 2.09. The van der Waals surface area contributed by atoms with E-state index in [0.29, 0.717) is 0 Å². The van der Waals surface area contributed by atoms with Gasteiger partial charge in [0.25, 0.3) is 0 Å². The van der Waals surface area contributed by atoms with E-state index in [1.54, 1.807) is 0 Å². The second-order valence-corrected chi connectivity index (χ2v) is 9.64. The van der Waals surface area contributed by atoms with Crippen molar-refractivity contribution in [1.29, 1.82) is 0 Å². The van der Waals surface area contributed by atoms with Crippen LogP contribution < -0.4 is 5.19 Å². The molecule has 0 saturated heterocycles. The van der Waals surface area contributed by atoms with Gasteiger partial charge >= 0.3 is 0 Å². The molecule has 0 nitrogen and oxygen atoms in total. The van der Waals surface area contributed by atoms with Crippen molar-refractivity contribution in [2.24, 2.45) is 0 Å². The fraction of sp³-hybridized carbons (Fsp3) is 0.200. The third kappa shape index (κ3) is 2.40. The molecular weight excluding hydrogens is 294 g/mol. The van der Waals surface area contributed by atoms with Crippen molar-refractivity contribution >= 4 is 35.9 Å². The van der Waals surface area contributed by atoms with Gasteiger partial charge in [-0.1, -0.05) is 52.2 Å². The summed E-state index contributed by atoms with van der Waals surface area (Å²) in [6, 6.07) is 6.80. The van der Waals surface area contributed by atoms with Crippen LogP contribution in [0.3, 0.4) is 0 Å². The molecule has 0 heterocycles. The minimum Gasteiger partial charge on any atom is -0.207 e. The SMILES string of the molecule is C=C[Si](C)(CI)c1ccc(F)cc1. The number of benzene rings is 1. The van der Waals surface area contributed by atoms with Crippen LogP contribution >= 0.6 is 22.6 Å². The average Bonchev–Trinajstić information content (AvgIpc) is 2.18. The molecule has 3 heteroatoms. The van der Waals surface area contributed by atoms with Gasteiger partial charge in [0, 0.05) is 4.05 Å². The molecule has 0 fully saturated rings. The van der Waals surface area contributed by atoms with Gasteiger partial charge in [-0.3, -0.25) is 0 Å². The van der Waals surface area contributed by atoms with Crippen LogP contribution in [-0.2, 0) is 0 Å². The molecule has 1 unspecified atom stereocenters. The topological polar surface area (TPSA) is 0 Å². The van der Waals surface area contributed by atoms with Crippen LogP contribution in [0.4, 0.5) is 4.39 Å². The molecule has 0 aromatic heterocycles. The van der Waals surface area contributed by atoms with E-state index < -0.39 is 8.07 Å². The Hall–Kier alpha value is -0.163. The zero-order valence-electron chi connectivity index (χ0n) is 7.56. The van der Waals surface area contributed by atoms with Crippen molar-refractivity contribution in [2.45, 2.75) is 6.55 Å². The Morgan fingerprint density at radius 3 is 2.38 bits per heavy atom. The summed E-state index contributed by atoms with van der Waals surface area (Å²) in [5, 5.41) is 1.25. The van der Waals surface area contributed by atoms with Crippen LogP contribution in [0.1, 0.15) is 0 Å². The molecule has 0 N–H and O–H groups in total. The molecule has 0 radical (unpaired) electrons. The molecular formula is C10H12FISi. The van der Waals surface area contributed by atoms with Crippen LogP contribution in [0.5, 0.6) is 0 Å². The minimum absolute atomic E-state index is 0.169. The molecule has 0 saturated carbocycles. The lowest BCUT2D eigenvalue weighted by Gasteiger charge is -2.20. The quantitative estimate of drug-likeness (QED) is 0.458. The fourth-order valence-electron chi connectivity index (χ4n) is 1.08. The predicted molar refractivity (Wildman–Crippen MR) is 66.7 cm³/mol. The lowest BCUT2D eigenvalue weighted by Crippen LogP contribution is -2.45. The molecule has 0 aliphatic rings. The van der Waals surface area contributed by atoms with Gasteiger partial charge in [0.1, 0.15) is 13.9 Å². The highest BCUT2D eigenvalue weighted by Gasteiger charge is 2.23. The van der Waals surface area contributed by atoms with Crippen LogP contribution in [0.2, 0.25) is 6.55 Å². The maximum atomic E-state index is 12.7. The second-order valence-electron chi connectivity index (χ2n) is 3.26. The molecule has 0 aliphatic heterocycles. The van der Waals surface area contributed by atoms with Crippen molar-refractivity contribution < 1.29 is 4.39 Å². The minimum atomic E-state index is -1.51. The van der Waals surface area contributed by atoms with E-state index in [2.05, 4.69) is 35.7 Å². The van der Waals surface area contributed by atoms with Crippen molar-refractivity contribution in [1.82, 2.24) is 0 Å². The first-order valence-corrected chi connectivity index (χ1v) is 8.39. The normalized spacial score (nSPS) is 15.0. The molecule has 0 amide bonds. The zero-order chi connectivity index (χ0) is 9.90. The Labute approximate surface area is 93.0 Å². The highest BCUT2D eigenvalue weighted by molar-refractivity contribution is 14.1. The molecule has 13 heavy (non-hydrogen) atoms. The standard InChI is InChI=1S/C10H12FISi/c1-3-13(2,8-12)10-6-4-9(11)5-7-10/h3-7H,1,8H2,2H3. The van der Waals surface area contributed by atoms with Gasteiger partial charge in [0.2, 0.25) is 0 Å². The molecule has 0 bridgehead atoms. The van der Waals surface area contributed by atoms with Crippen molar-refractivity contribution in [3.63, 3.8) is 0 Å². The maximum Gasteiger partial charge on any atom is 0.123 e. The summed E-state index contributed by atoms with van der Waals surface area (Å²) in [4.78, 5) is 0. The van der Waals surface area contributed by atoms with Crippen molar-refractivity contribution in [2.75, 3.05) is 4.05 Å². The van der Waals surface area contributed by atoms with E-state index >= 15 is 0 Å². The molecule has 1 aromatic rings. The van der Waals surface area contributed by atoms with Gasteiger partial charge in [-0.2, -0.15) is 0 Å². The fourth-order valence-corrected chi connectivity index (χ4v) is 4.76. The zero-order valence-corrected chi connectivity index (χ0v) is 10.7. The van der Waals surface area contributed by atoms with Crippen LogP contribution in [0.15, 0.2) is 36.5 Å². The molecule has 0 aliphatic carbocycles. The Balaban J connectivity index is 3.06.